The van der Waals surface area contributed by atoms with Gasteiger partial charge < -0.3 is 14.8 Å². The van der Waals surface area contributed by atoms with Crippen LogP contribution in [0.2, 0.25) is 0 Å². The fourth-order valence-electron chi connectivity index (χ4n) is 2.77. The molecule has 0 unspecified atom stereocenters. The van der Waals surface area contributed by atoms with E-state index in [1.165, 1.54) is 31.4 Å². The number of anilines is 2. The molecule has 3 aromatic carbocycles. The molecule has 0 aliphatic carbocycles. The summed E-state index contributed by atoms with van der Waals surface area (Å²) in [7, 11) is -2.62. The van der Waals surface area contributed by atoms with E-state index in [1.54, 1.807) is 18.2 Å². The van der Waals surface area contributed by atoms with Gasteiger partial charge in [0.1, 0.15) is 0 Å². The van der Waals surface area contributed by atoms with Gasteiger partial charge in [-0.2, -0.15) is 0 Å². The number of halogens is 2. The minimum absolute atomic E-state index is 0.177. The predicted octanol–water partition coefficient (Wildman–Crippen LogP) is 4.43. The molecular formula is C22H20F2N2O5S. The lowest BCUT2D eigenvalue weighted by molar-refractivity contribution is 0.102. The van der Waals surface area contributed by atoms with Crippen molar-refractivity contribution in [2.75, 3.05) is 23.8 Å². The number of carbonyl (C=O) groups excluding carboxylic acids is 1. The van der Waals surface area contributed by atoms with Gasteiger partial charge in [0.25, 0.3) is 15.9 Å². The van der Waals surface area contributed by atoms with Crippen LogP contribution in [0.1, 0.15) is 17.3 Å². The van der Waals surface area contributed by atoms with Crippen LogP contribution in [-0.4, -0.2) is 28.0 Å². The van der Waals surface area contributed by atoms with Crippen molar-refractivity contribution in [1.29, 1.82) is 0 Å². The summed E-state index contributed by atoms with van der Waals surface area (Å²) in [6, 6.07) is 12.9. The van der Waals surface area contributed by atoms with Gasteiger partial charge in [0.05, 0.1) is 18.6 Å². The van der Waals surface area contributed by atoms with Gasteiger partial charge in [-0.05, 0) is 67.6 Å². The molecule has 0 atom stereocenters. The Morgan fingerprint density at radius 3 is 2.22 bits per heavy atom. The van der Waals surface area contributed by atoms with Crippen molar-refractivity contribution in [2.45, 2.75) is 11.8 Å². The summed E-state index contributed by atoms with van der Waals surface area (Å²) in [6.07, 6.45) is 0. The van der Waals surface area contributed by atoms with Crippen LogP contribution >= 0.6 is 0 Å². The Morgan fingerprint density at radius 2 is 1.59 bits per heavy atom. The molecule has 10 heteroatoms. The lowest BCUT2D eigenvalue weighted by Gasteiger charge is -2.12. The van der Waals surface area contributed by atoms with E-state index in [4.69, 9.17) is 9.47 Å². The summed E-state index contributed by atoms with van der Waals surface area (Å²) in [6.45, 7) is 2.22. The van der Waals surface area contributed by atoms with Crippen molar-refractivity contribution < 1.29 is 31.5 Å². The molecule has 32 heavy (non-hydrogen) atoms. The van der Waals surface area contributed by atoms with Gasteiger partial charge in [0.2, 0.25) is 0 Å². The van der Waals surface area contributed by atoms with E-state index >= 15 is 0 Å². The predicted molar refractivity (Wildman–Crippen MR) is 116 cm³/mol. The standard InChI is InChI=1S/C22H20F2N2O5S/c1-3-31-21-12-14(4-11-20(21)30-2)22(27)25-15-5-7-16(8-6-15)26-32(28,29)17-9-10-18(23)19(24)13-17/h4-13,26H,3H2,1-2H3,(H,25,27). The lowest BCUT2D eigenvalue weighted by atomic mass is 10.1. The van der Waals surface area contributed by atoms with Crippen molar-refractivity contribution in [3.63, 3.8) is 0 Å². The molecule has 0 saturated heterocycles. The number of rotatable bonds is 8. The van der Waals surface area contributed by atoms with Crippen LogP contribution < -0.4 is 19.5 Å². The largest absolute Gasteiger partial charge is 0.493 e. The van der Waals surface area contributed by atoms with Crippen LogP contribution in [0.3, 0.4) is 0 Å². The van der Waals surface area contributed by atoms with Gasteiger partial charge in [-0.1, -0.05) is 0 Å². The van der Waals surface area contributed by atoms with Crippen LogP contribution in [-0.2, 0) is 10.0 Å². The number of hydrogen-bond donors (Lipinski definition) is 2. The number of sulfonamides is 1. The molecule has 2 N–H and O–H groups in total. The molecule has 0 radical (unpaired) electrons. The second kappa shape index (κ2) is 9.65. The number of nitrogens with one attached hydrogen (secondary N) is 2. The summed E-state index contributed by atoms with van der Waals surface area (Å²) in [4.78, 5) is 12.1. The van der Waals surface area contributed by atoms with Crippen molar-refractivity contribution >= 4 is 27.3 Å². The summed E-state index contributed by atoms with van der Waals surface area (Å²) in [5, 5.41) is 2.70. The maximum atomic E-state index is 13.4. The average molecular weight is 462 g/mol. The maximum Gasteiger partial charge on any atom is 0.261 e. The summed E-state index contributed by atoms with van der Waals surface area (Å²) in [5.41, 5.74) is 0.938. The third kappa shape index (κ3) is 5.33. The van der Waals surface area contributed by atoms with E-state index in [1.807, 2.05) is 6.92 Å². The molecule has 0 spiro atoms. The maximum absolute atomic E-state index is 13.4. The number of ether oxygens (including phenoxy) is 2. The first kappa shape index (κ1) is 23.0. The molecule has 3 aromatic rings. The van der Waals surface area contributed by atoms with Gasteiger partial charge >= 0.3 is 0 Å². The monoisotopic (exact) mass is 462 g/mol. The molecule has 0 aliphatic rings. The van der Waals surface area contributed by atoms with Gasteiger partial charge in [-0.25, -0.2) is 17.2 Å². The first-order valence-corrected chi connectivity index (χ1v) is 10.9. The van der Waals surface area contributed by atoms with Crippen LogP contribution in [0, 0.1) is 11.6 Å². The van der Waals surface area contributed by atoms with Crippen molar-refractivity contribution in [3.8, 4) is 11.5 Å². The van der Waals surface area contributed by atoms with Crippen LogP contribution in [0.25, 0.3) is 0 Å². The van der Waals surface area contributed by atoms with Gasteiger partial charge in [-0.15, -0.1) is 0 Å². The smallest absolute Gasteiger partial charge is 0.261 e. The number of hydrogen-bond acceptors (Lipinski definition) is 5. The Morgan fingerprint density at radius 1 is 0.906 bits per heavy atom. The molecule has 0 aliphatic heterocycles. The Hall–Kier alpha value is -3.66. The Bertz CT molecular complexity index is 1230. The molecule has 7 nitrogen and oxygen atoms in total. The van der Waals surface area contributed by atoms with E-state index in [2.05, 4.69) is 10.0 Å². The molecule has 0 bridgehead atoms. The number of methoxy groups -OCH3 is 1. The number of carbonyl (C=O) groups is 1. The van der Waals surface area contributed by atoms with Crippen LogP contribution in [0.5, 0.6) is 11.5 Å². The first-order chi connectivity index (χ1) is 15.2. The minimum atomic E-state index is -4.12. The molecule has 0 aromatic heterocycles. The number of amides is 1. The second-order valence-corrected chi connectivity index (χ2v) is 8.19. The van der Waals surface area contributed by atoms with Crippen molar-refractivity contribution in [3.05, 3.63) is 77.9 Å². The highest BCUT2D eigenvalue weighted by Gasteiger charge is 2.17. The highest BCUT2D eigenvalue weighted by molar-refractivity contribution is 7.92. The zero-order valence-corrected chi connectivity index (χ0v) is 18.0. The zero-order chi connectivity index (χ0) is 23.3. The third-order valence-corrected chi connectivity index (χ3v) is 5.70. The number of benzene rings is 3. The molecule has 0 fully saturated rings. The quantitative estimate of drug-likeness (QED) is 0.517. The SMILES string of the molecule is CCOc1cc(C(=O)Nc2ccc(NS(=O)(=O)c3ccc(F)c(F)c3)cc2)ccc1OC. The topological polar surface area (TPSA) is 93.7 Å². The van der Waals surface area contributed by atoms with E-state index in [0.717, 1.165) is 12.1 Å². The fraction of sp³-hybridized carbons (Fsp3) is 0.136. The molecule has 3 rings (SSSR count). The molecule has 168 valence electrons. The van der Waals surface area contributed by atoms with Crippen LogP contribution in [0.15, 0.2) is 65.6 Å². The minimum Gasteiger partial charge on any atom is -0.493 e. The molecule has 0 heterocycles. The summed E-state index contributed by atoms with van der Waals surface area (Å²) < 4.78 is 64.0. The fourth-order valence-corrected chi connectivity index (χ4v) is 3.84. The van der Waals surface area contributed by atoms with Gasteiger partial charge in [-0.3, -0.25) is 9.52 Å². The van der Waals surface area contributed by atoms with E-state index in [9.17, 15) is 22.0 Å². The molecule has 0 saturated carbocycles. The normalized spacial score (nSPS) is 11.0. The summed E-state index contributed by atoms with van der Waals surface area (Å²) >= 11 is 0. The first-order valence-electron chi connectivity index (χ1n) is 9.43. The highest BCUT2D eigenvalue weighted by Crippen LogP contribution is 2.28. The highest BCUT2D eigenvalue weighted by atomic mass is 32.2. The Kier molecular flexibility index (Phi) is 6.94. The van der Waals surface area contributed by atoms with Gasteiger partial charge in [0, 0.05) is 16.9 Å². The zero-order valence-electron chi connectivity index (χ0n) is 17.2. The van der Waals surface area contributed by atoms with E-state index in [-0.39, 0.29) is 5.69 Å². The average Bonchev–Trinajstić information content (AvgIpc) is 2.77. The third-order valence-electron chi connectivity index (χ3n) is 4.32. The van der Waals surface area contributed by atoms with Crippen molar-refractivity contribution in [2.24, 2.45) is 0 Å². The van der Waals surface area contributed by atoms with Crippen LogP contribution in [0.4, 0.5) is 20.2 Å². The molecular weight excluding hydrogens is 442 g/mol. The second-order valence-electron chi connectivity index (χ2n) is 6.51. The van der Waals surface area contributed by atoms with E-state index in [0.29, 0.717) is 35.4 Å². The Balaban J connectivity index is 1.71. The summed E-state index contributed by atoms with van der Waals surface area (Å²) in [5.74, 6) is -1.87. The molecule has 1 amide bonds. The Labute approximate surface area is 184 Å². The van der Waals surface area contributed by atoms with Crippen molar-refractivity contribution in [1.82, 2.24) is 0 Å². The van der Waals surface area contributed by atoms with E-state index < -0.39 is 32.5 Å². The lowest BCUT2D eigenvalue weighted by Crippen LogP contribution is -2.14. The van der Waals surface area contributed by atoms with Gasteiger partial charge in [0.15, 0.2) is 23.1 Å².